The monoisotopic (exact) mass is 384 g/mol. The maximum absolute atomic E-state index is 12.2. The number of amides is 2. The van der Waals surface area contributed by atoms with E-state index in [-0.39, 0.29) is 18.2 Å². The van der Waals surface area contributed by atoms with Gasteiger partial charge in [-0.2, -0.15) is 0 Å². The molecule has 2 aromatic heterocycles. The third kappa shape index (κ3) is 4.59. The van der Waals surface area contributed by atoms with Crippen molar-refractivity contribution in [3.63, 3.8) is 0 Å². The van der Waals surface area contributed by atoms with Gasteiger partial charge in [0, 0.05) is 22.5 Å². The highest BCUT2D eigenvalue weighted by atomic mass is 32.2. The summed E-state index contributed by atoms with van der Waals surface area (Å²) in [4.78, 5) is 24.9. The number of aryl methyl sites for hydroxylation is 1. The molecule has 0 aliphatic rings. The first-order valence-corrected chi connectivity index (χ1v) is 10.0. The Morgan fingerprint density at radius 1 is 1.27 bits per heavy atom. The van der Waals surface area contributed by atoms with E-state index in [1.807, 2.05) is 23.5 Å². The van der Waals surface area contributed by atoms with Gasteiger partial charge in [0.05, 0.1) is 10.4 Å². The van der Waals surface area contributed by atoms with Crippen molar-refractivity contribution in [3.8, 4) is 0 Å². The van der Waals surface area contributed by atoms with Crippen LogP contribution in [0.15, 0.2) is 48.4 Å². The molecule has 0 aliphatic heterocycles. The molecule has 134 valence electrons. The van der Waals surface area contributed by atoms with Crippen LogP contribution in [0.2, 0.25) is 0 Å². The van der Waals surface area contributed by atoms with Gasteiger partial charge in [0.15, 0.2) is 0 Å². The number of anilines is 1. The molecule has 1 aromatic carbocycles. The lowest BCUT2D eigenvalue weighted by Crippen LogP contribution is -2.27. The second kappa shape index (κ2) is 8.29. The van der Waals surface area contributed by atoms with E-state index >= 15 is 0 Å². The smallest absolute Gasteiger partial charge is 0.247 e. The standard InChI is InChI=1S/C20H20N2O2S2/c1-3-18(23)22-16-6-4-5-14(10-16)11-19(24)21-8-7-15-12-25-20-17(15)9-13(2)26-20/h3-6,9-10,12H,1,7-8,11H2,2H3,(H,21,24)(H,22,23). The second-order valence-corrected chi connectivity index (χ2v) is 8.38. The molecule has 0 unspecified atom stereocenters. The van der Waals surface area contributed by atoms with Crippen LogP contribution in [-0.4, -0.2) is 18.4 Å². The van der Waals surface area contributed by atoms with Crippen LogP contribution in [0.1, 0.15) is 16.0 Å². The Morgan fingerprint density at radius 3 is 2.92 bits per heavy atom. The number of carbonyl (C=O) groups is 2. The van der Waals surface area contributed by atoms with Crippen LogP contribution in [-0.2, 0) is 22.4 Å². The maximum Gasteiger partial charge on any atom is 0.247 e. The fraction of sp³-hybridized carbons (Fsp3) is 0.200. The van der Waals surface area contributed by atoms with E-state index in [4.69, 9.17) is 0 Å². The van der Waals surface area contributed by atoms with Gasteiger partial charge >= 0.3 is 0 Å². The van der Waals surface area contributed by atoms with Crippen LogP contribution in [0.3, 0.4) is 0 Å². The summed E-state index contributed by atoms with van der Waals surface area (Å²) in [6.07, 6.45) is 2.33. The maximum atomic E-state index is 12.2. The summed E-state index contributed by atoms with van der Waals surface area (Å²) in [6, 6.07) is 9.50. The number of nitrogens with one attached hydrogen (secondary N) is 2. The lowest BCUT2D eigenvalue weighted by Gasteiger charge is -2.07. The third-order valence-corrected chi connectivity index (χ3v) is 6.16. The van der Waals surface area contributed by atoms with Crippen LogP contribution < -0.4 is 10.6 Å². The molecule has 0 saturated carbocycles. The molecule has 0 bridgehead atoms. The van der Waals surface area contributed by atoms with Gasteiger partial charge in [-0.05, 0) is 54.1 Å². The predicted octanol–water partition coefficient (Wildman–Crippen LogP) is 4.30. The van der Waals surface area contributed by atoms with Gasteiger partial charge in [0.25, 0.3) is 0 Å². The van der Waals surface area contributed by atoms with Gasteiger partial charge in [-0.3, -0.25) is 9.59 Å². The van der Waals surface area contributed by atoms with Gasteiger partial charge in [-0.1, -0.05) is 18.7 Å². The molecular weight excluding hydrogens is 364 g/mol. The van der Waals surface area contributed by atoms with Gasteiger partial charge < -0.3 is 10.6 Å². The Hall–Kier alpha value is -2.44. The van der Waals surface area contributed by atoms with Crippen molar-refractivity contribution in [3.05, 3.63) is 64.4 Å². The van der Waals surface area contributed by atoms with Crippen molar-refractivity contribution in [2.75, 3.05) is 11.9 Å². The molecule has 4 nitrogen and oxygen atoms in total. The van der Waals surface area contributed by atoms with Crippen molar-refractivity contribution in [2.24, 2.45) is 0 Å². The highest BCUT2D eigenvalue weighted by Gasteiger charge is 2.09. The van der Waals surface area contributed by atoms with Gasteiger partial charge in [0.1, 0.15) is 0 Å². The minimum atomic E-state index is -0.266. The largest absolute Gasteiger partial charge is 0.355 e. The van der Waals surface area contributed by atoms with Crippen LogP contribution in [0.25, 0.3) is 9.40 Å². The average Bonchev–Trinajstić information content (AvgIpc) is 3.15. The molecule has 0 spiro atoms. The minimum Gasteiger partial charge on any atom is -0.355 e. The van der Waals surface area contributed by atoms with Gasteiger partial charge in [0.2, 0.25) is 11.8 Å². The van der Waals surface area contributed by atoms with E-state index in [2.05, 4.69) is 35.6 Å². The molecule has 3 rings (SSSR count). The first-order valence-electron chi connectivity index (χ1n) is 8.30. The lowest BCUT2D eigenvalue weighted by molar-refractivity contribution is -0.120. The SMILES string of the molecule is C=CC(=O)Nc1cccc(CC(=O)NCCc2csc3sc(C)cc23)c1. The van der Waals surface area contributed by atoms with Crippen LogP contribution in [0.5, 0.6) is 0 Å². The molecule has 3 aromatic rings. The zero-order valence-electron chi connectivity index (χ0n) is 14.5. The quantitative estimate of drug-likeness (QED) is 0.597. The molecule has 0 radical (unpaired) electrons. The Labute approximate surface area is 160 Å². The zero-order valence-corrected chi connectivity index (χ0v) is 16.1. The molecule has 2 N–H and O–H groups in total. The number of carbonyl (C=O) groups excluding carboxylic acids is 2. The van der Waals surface area contributed by atoms with E-state index in [1.165, 1.54) is 25.9 Å². The summed E-state index contributed by atoms with van der Waals surface area (Å²) in [7, 11) is 0. The second-order valence-electron chi connectivity index (χ2n) is 5.99. The van der Waals surface area contributed by atoms with E-state index in [0.717, 1.165) is 12.0 Å². The summed E-state index contributed by atoms with van der Waals surface area (Å²) in [5.41, 5.74) is 2.81. The molecule has 0 saturated heterocycles. The van der Waals surface area contributed by atoms with Crippen molar-refractivity contribution in [1.29, 1.82) is 0 Å². The first kappa shape index (κ1) is 18.4. The van der Waals surface area contributed by atoms with Gasteiger partial charge in [-0.15, -0.1) is 22.7 Å². The zero-order chi connectivity index (χ0) is 18.5. The molecule has 2 amide bonds. The Morgan fingerprint density at radius 2 is 2.12 bits per heavy atom. The molecule has 6 heteroatoms. The number of benzene rings is 1. The summed E-state index contributed by atoms with van der Waals surface area (Å²) in [6.45, 7) is 6.16. The number of thiophene rings is 2. The Kier molecular flexibility index (Phi) is 5.85. The number of rotatable bonds is 7. The first-order chi connectivity index (χ1) is 12.5. The van der Waals surface area contributed by atoms with Crippen molar-refractivity contribution < 1.29 is 9.59 Å². The highest BCUT2D eigenvalue weighted by molar-refractivity contribution is 7.37. The summed E-state index contributed by atoms with van der Waals surface area (Å²) < 4.78 is 1.35. The number of hydrogen-bond acceptors (Lipinski definition) is 4. The fourth-order valence-corrected chi connectivity index (χ4v) is 5.03. The predicted molar refractivity (Wildman–Crippen MR) is 110 cm³/mol. The summed E-state index contributed by atoms with van der Waals surface area (Å²) >= 11 is 3.59. The van der Waals surface area contributed by atoms with Crippen LogP contribution >= 0.6 is 22.7 Å². The van der Waals surface area contributed by atoms with E-state index < -0.39 is 0 Å². The Bertz CT molecular complexity index is 956. The Balaban J connectivity index is 1.52. The molecule has 2 heterocycles. The van der Waals surface area contributed by atoms with Crippen LogP contribution in [0, 0.1) is 6.92 Å². The highest BCUT2D eigenvalue weighted by Crippen LogP contribution is 2.33. The third-order valence-electron chi connectivity index (χ3n) is 3.94. The van der Waals surface area contributed by atoms with Crippen LogP contribution in [0.4, 0.5) is 5.69 Å². The normalized spacial score (nSPS) is 10.7. The summed E-state index contributed by atoms with van der Waals surface area (Å²) in [5.74, 6) is -0.289. The molecule has 0 aliphatic carbocycles. The van der Waals surface area contributed by atoms with Gasteiger partial charge in [-0.25, -0.2) is 0 Å². The van der Waals surface area contributed by atoms with E-state index in [1.54, 1.807) is 23.5 Å². The molecule has 26 heavy (non-hydrogen) atoms. The molecule has 0 atom stereocenters. The van der Waals surface area contributed by atoms with E-state index in [9.17, 15) is 9.59 Å². The number of hydrogen-bond donors (Lipinski definition) is 2. The van der Waals surface area contributed by atoms with Crippen molar-refractivity contribution in [1.82, 2.24) is 5.32 Å². The molecule has 0 fully saturated rings. The topological polar surface area (TPSA) is 58.2 Å². The average molecular weight is 385 g/mol. The van der Waals surface area contributed by atoms with E-state index in [0.29, 0.717) is 12.2 Å². The fourth-order valence-electron chi connectivity index (χ4n) is 2.72. The van der Waals surface area contributed by atoms with Crippen molar-refractivity contribution in [2.45, 2.75) is 19.8 Å². The van der Waals surface area contributed by atoms with Crippen molar-refractivity contribution >= 4 is 49.6 Å². The lowest BCUT2D eigenvalue weighted by atomic mass is 10.1. The number of fused-ring (bicyclic) bond motifs is 1. The summed E-state index contributed by atoms with van der Waals surface area (Å²) in [5, 5.41) is 9.17. The minimum absolute atomic E-state index is 0.0230. The molecular formula is C20H20N2O2S2.